The molecule has 1 N–H and O–H groups in total. The van der Waals surface area contributed by atoms with Gasteiger partial charge in [-0.05, 0) is 25.5 Å². The Morgan fingerprint density at radius 3 is 2.81 bits per heavy atom. The van der Waals surface area contributed by atoms with Gasteiger partial charge in [0.05, 0.1) is 16.7 Å². The summed E-state index contributed by atoms with van der Waals surface area (Å²) in [6.45, 7) is 2.99. The van der Waals surface area contributed by atoms with Crippen molar-refractivity contribution in [3.63, 3.8) is 0 Å². The Morgan fingerprint density at radius 2 is 2.15 bits per heavy atom. The number of esters is 1. The number of benzene rings is 1. The second-order valence-electron chi connectivity index (χ2n) is 5.91. The zero-order chi connectivity index (χ0) is 19.6. The highest BCUT2D eigenvalue weighted by Gasteiger charge is 2.22. The first-order valence-electron chi connectivity index (χ1n) is 8.34. The molecule has 0 spiro atoms. The van der Waals surface area contributed by atoms with Crippen molar-refractivity contribution in [2.45, 2.75) is 20.3 Å². The van der Waals surface area contributed by atoms with Crippen LogP contribution in [-0.2, 0) is 18.2 Å². The van der Waals surface area contributed by atoms with Crippen molar-refractivity contribution in [1.29, 1.82) is 5.26 Å². The Morgan fingerprint density at radius 1 is 1.41 bits per heavy atom. The molecule has 27 heavy (non-hydrogen) atoms. The maximum Gasteiger partial charge on any atom is 0.344 e. The molecule has 0 aliphatic heterocycles. The van der Waals surface area contributed by atoms with Gasteiger partial charge in [-0.1, -0.05) is 24.2 Å². The van der Waals surface area contributed by atoms with Crippen LogP contribution in [-0.4, -0.2) is 32.4 Å². The minimum absolute atomic E-state index is 0.0562. The van der Waals surface area contributed by atoms with Gasteiger partial charge in [0, 0.05) is 7.05 Å². The highest BCUT2D eigenvalue weighted by molar-refractivity contribution is 5.92. The third kappa shape index (κ3) is 3.27. The molecule has 0 aliphatic carbocycles. The summed E-state index contributed by atoms with van der Waals surface area (Å²) in [7, 11) is 1.75. The molecule has 0 amide bonds. The van der Waals surface area contributed by atoms with Gasteiger partial charge in [-0.3, -0.25) is 0 Å². The maximum atomic E-state index is 12.3. The number of para-hydroxylation sites is 2. The number of nitrogens with zero attached hydrogens (tertiary/aromatic N) is 4. The predicted molar refractivity (Wildman–Crippen MR) is 96.8 cm³/mol. The predicted octanol–water partition coefficient (Wildman–Crippen LogP) is 3.08. The van der Waals surface area contributed by atoms with Gasteiger partial charge < -0.3 is 18.9 Å². The molecule has 0 unspecified atom stereocenters. The number of fused-ring (bicyclic) bond motifs is 1. The molecule has 138 valence electrons. The standard InChI is InChI=1S/C19H18N4O4/c1-4-13-17(11(2)27-22-13)19(25)26-10-16(24)12(9-20)18-21-14-7-5-6-8-15(14)23(18)3/h5-8,24H,4,10H2,1-3H3/b16-12-. The average Bonchev–Trinajstić information content (AvgIpc) is 3.21. The largest absolute Gasteiger partial charge is 0.507 e. The van der Waals surface area contributed by atoms with Crippen LogP contribution in [0.5, 0.6) is 0 Å². The van der Waals surface area contributed by atoms with Crippen molar-refractivity contribution in [3.05, 3.63) is 52.9 Å². The molecule has 2 heterocycles. The van der Waals surface area contributed by atoms with Gasteiger partial charge in [-0.15, -0.1) is 0 Å². The van der Waals surface area contributed by atoms with E-state index in [9.17, 15) is 15.2 Å². The van der Waals surface area contributed by atoms with Gasteiger partial charge in [0.2, 0.25) is 0 Å². The van der Waals surface area contributed by atoms with Gasteiger partial charge in [0.15, 0.2) is 11.6 Å². The number of aliphatic hydroxyl groups is 1. The number of hydrogen-bond acceptors (Lipinski definition) is 7. The summed E-state index contributed by atoms with van der Waals surface area (Å²) in [6.07, 6.45) is 0.507. The molecule has 8 heteroatoms. The van der Waals surface area contributed by atoms with Crippen LogP contribution in [0.25, 0.3) is 16.6 Å². The quantitative estimate of drug-likeness (QED) is 0.419. The number of allylic oxidation sites excluding steroid dienone is 1. The smallest absolute Gasteiger partial charge is 0.344 e. The number of imidazole rings is 1. The summed E-state index contributed by atoms with van der Waals surface area (Å²) >= 11 is 0. The second kappa shape index (κ2) is 7.33. The fraction of sp³-hybridized carbons (Fsp3) is 0.263. The first-order valence-corrected chi connectivity index (χ1v) is 8.34. The van der Waals surface area contributed by atoms with Crippen molar-refractivity contribution >= 4 is 22.6 Å². The monoisotopic (exact) mass is 366 g/mol. The molecule has 0 fully saturated rings. The zero-order valence-corrected chi connectivity index (χ0v) is 15.2. The first kappa shape index (κ1) is 18.2. The maximum absolute atomic E-state index is 12.3. The van der Waals surface area contributed by atoms with Crippen molar-refractivity contribution in [1.82, 2.24) is 14.7 Å². The van der Waals surface area contributed by atoms with E-state index in [4.69, 9.17) is 9.26 Å². The lowest BCUT2D eigenvalue weighted by molar-refractivity contribution is 0.0499. The van der Waals surface area contributed by atoms with Crippen molar-refractivity contribution in [3.8, 4) is 6.07 Å². The summed E-state index contributed by atoms with van der Waals surface area (Å²) in [5.41, 5.74) is 2.18. The molecular formula is C19H18N4O4. The molecule has 2 aromatic heterocycles. The van der Waals surface area contributed by atoms with Crippen LogP contribution in [0.1, 0.15) is 34.6 Å². The van der Waals surface area contributed by atoms with Crippen molar-refractivity contribution in [2.75, 3.05) is 6.61 Å². The first-order chi connectivity index (χ1) is 13.0. The lowest BCUT2D eigenvalue weighted by atomic mass is 10.1. The third-order valence-electron chi connectivity index (χ3n) is 4.22. The van der Waals surface area contributed by atoms with Gasteiger partial charge in [0.25, 0.3) is 0 Å². The van der Waals surface area contributed by atoms with Gasteiger partial charge in [-0.25, -0.2) is 9.78 Å². The Balaban J connectivity index is 1.87. The molecule has 3 aromatic rings. The number of carbonyl (C=O) groups excluding carboxylic acids is 1. The van der Waals surface area contributed by atoms with Crippen molar-refractivity contribution in [2.24, 2.45) is 7.05 Å². The van der Waals surface area contributed by atoms with E-state index < -0.39 is 12.6 Å². The van der Waals surface area contributed by atoms with E-state index in [2.05, 4.69) is 10.1 Å². The Bertz CT molecular complexity index is 1090. The van der Waals surface area contributed by atoms with Gasteiger partial charge in [0.1, 0.15) is 29.6 Å². The number of ether oxygens (including phenoxy) is 1. The van der Waals surface area contributed by atoms with E-state index >= 15 is 0 Å². The molecule has 0 aliphatic rings. The Hall–Kier alpha value is -3.60. The van der Waals surface area contributed by atoms with E-state index in [0.717, 1.165) is 5.52 Å². The minimum Gasteiger partial charge on any atom is -0.507 e. The van der Waals surface area contributed by atoms with E-state index in [1.807, 2.05) is 37.3 Å². The number of aliphatic hydroxyl groups excluding tert-OH is 1. The van der Waals surface area contributed by atoms with Crippen LogP contribution < -0.4 is 0 Å². The Labute approximate surface area is 155 Å². The molecule has 0 saturated heterocycles. The molecule has 0 bridgehead atoms. The fourth-order valence-electron chi connectivity index (χ4n) is 2.81. The van der Waals surface area contributed by atoms with Crippen LogP contribution in [0.3, 0.4) is 0 Å². The van der Waals surface area contributed by atoms with E-state index in [1.165, 1.54) is 0 Å². The molecular weight excluding hydrogens is 348 g/mol. The second-order valence-corrected chi connectivity index (χ2v) is 5.91. The number of nitriles is 1. The highest BCUT2D eigenvalue weighted by Crippen LogP contribution is 2.22. The summed E-state index contributed by atoms with van der Waals surface area (Å²) in [5.74, 6) is -0.408. The summed E-state index contributed by atoms with van der Waals surface area (Å²) in [4.78, 5) is 16.7. The molecule has 0 radical (unpaired) electrons. The minimum atomic E-state index is -0.667. The van der Waals surface area contributed by atoms with Gasteiger partial charge in [-0.2, -0.15) is 5.26 Å². The van der Waals surface area contributed by atoms with Gasteiger partial charge >= 0.3 is 5.97 Å². The lowest BCUT2D eigenvalue weighted by Gasteiger charge is -2.07. The van der Waals surface area contributed by atoms with E-state index in [-0.39, 0.29) is 16.9 Å². The zero-order valence-electron chi connectivity index (χ0n) is 15.2. The van der Waals surface area contributed by atoms with Crippen LogP contribution in [0, 0.1) is 18.3 Å². The number of carbonyl (C=O) groups is 1. The topological polar surface area (TPSA) is 114 Å². The van der Waals surface area contributed by atoms with Crippen LogP contribution in [0.15, 0.2) is 34.5 Å². The van der Waals surface area contributed by atoms with E-state index in [1.54, 1.807) is 18.5 Å². The summed E-state index contributed by atoms with van der Waals surface area (Å²) in [6, 6.07) is 9.30. The number of aryl methyl sites for hydroxylation is 3. The summed E-state index contributed by atoms with van der Waals surface area (Å²) in [5, 5.41) is 23.6. The molecule has 0 saturated carbocycles. The molecule has 3 rings (SSSR count). The average molecular weight is 366 g/mol. The van der Waals surface area contributed by atoms with Crippen LogP contribution >= 0.6 is 0 Å². The number of aromatic nitrogens is 3. The number of hydrogen-bond donors (Lipinski definition) is 1. The molecule has 1 aromatic carbocycles. The Kier molecular flexibility index (Phi) is 4.94. The lowest BCUT2D eigenvalue weighted by Crippen LogP contribution is -2.12. The van der Waals surface area contributed by atoms with Crippen LogP contribution in [0.4, 0.5) is 0 Å². The summed E-state index contributed by atoms with van der Waals surface area (Å²) < 4.78 is 11.9. The highest BCUT2D eigenvalue weighted by atomic mass is 16.5. The van der Waals surface area contributed by atoms with E-state index in [0.29, 0.717) is 29.2 Å². The van der Waals surface area contributed by atoms with Crippen LogP contribution in [0.2, 0.25) is 0 Å². The SMILES string of the molecule is CCc1noc(C)c1C(=O)OC/C(O)=C(\C#N)c1nc2ccccc2n1C. The molecule has 8 nitrogen and oxygen atoms in total. The molecule has 0 atom stereocenters. The normalized spacial score (nSPS) is 11.9. The number of rotatable bonds is 5. The fourth-order valence-corrected chi connectivity index (χ4v) is 2.81. The van der Waals surface area contributed by atoms with Crippen molar-refractivity contribution < 1.29 is 19.2 Å². The third-order valence-corrected chi connectivity index (χ3v) is 4.22.